The predicted octanol–water partition coefficient (Wildman–Crippen LogP) is 2.43. The van der Waals surface area contributed by atoms with E-state index in [1.807, 2.05) is 7.05 Å². The number of esters is 1. The molecule has 0 aliphatic heterocycles. The highest BCUT2D eigenvalue weighted by Crippen LogP contribution is 2.34. The summed E-state index contributed by atoms with van der Waals surface area (Å²) in [6.07, 6.45) is 3.90. The summed E-state index contributed by atoms with van der Waals surface area (Å²) in [5.41, 5.74) is -0.275. The third-order valence-corrected chi connectivity index (χ3v) is 5.22. The Morgan fingerprint density at radius 1 is 1.45 bits per heavy atom. The normalized spacial score (nSPS) is 29.3. The maximum absolute atomic E-state index is 12.2. The van der Waals surface area contributed by atoms with Gasteiger partial charge in [0.05, 0.1) is 7.11 Å². The van der Waals surface area contributed by atoms with E-state index >= 15 is 0 Å². The Hall–Kier alpha value is -0.610. The number of ether oxygens (including phenoxy) is 1. The minimum atomic E-state index is -0.510. The lowest BCUT2D eigenvalue weighted by atomic mass is 9.77. The second-order valence-electron chi connectivity index (χ2n) is 7.28. The van der Waals surface area contributed by atoms with Gasteiger partial charge in [-0.2, -0.15) is 0 Å². The molecule has 0 amide bonds. The van der Waals surface area contributed by atoms with Gasteiger partial charge in [-0.3, -0.25) is 4.79 Å². The number of nitrogens with zero attached hydrogens (tertiary/aromatic N) is 1. The van der Waals surface area contributed by atoms with Gasteiger partial charge in [-0.25, -0.2) is 0 Å². The van der Waals surface area contributed by atoms with Gasteiger partial charge in [-0.1, -0.05) is 20.8 Å². The van der Waals surface area contributed by atoms with Crippen molar-refractivity contribution in [1.82, 2.24) is 10.2 Å². The summed E-state index contributed by atoms with van der Waals surface area (Å²) in [5, 5.41) is 3.23. The quantitative estimate of drug-likeness (QED) is 0.805. The van der Waals surface area contributed by atoms with Crippen LogP contribution in [0.4, 0.5) is 0 Å². The van der Waals surface area contributed by atoms with Crippen LogP contribution in [0.2, 0.25) is 0 Å². The van der Waals surface area contributed by atoms with Gasteiger partial charge in [0.2, 0.25) is 0 Å². The van der Waals surface area contributed by atoms with Crippen LogP contribution < -0.4 is 5.32 Å². The Balaban J connectivity index is 2.85. The second kappa shape index (κ2) is 6.44. The molecular formula is C16H32N2O2. The molecule has 0 aromatic heterocycles. The van der Waals surface area contributed by atoms with E-state index in [2.05, 4.69) is 45.0 Å². The topological polar surface area (TPSA) is 41.6 Å². The summed E-state index contributed by atoms with van der Waals surface area (Å²) >= 11 is 0. The van der Waals surface area contributed by atoms with Crippen LogP contribution in [-0.4, -0.2) is 49.7 Å². The fraction of sp³-hybridized carbons (Fsp3) is 0.938. The molecule has 20 heavy (non-hydrogen) atoms. The standard InChI is InChI=1S/C16H32N2O2/c1-12(15(2,3)4)18(6)13-9-8-10-16(11-13,17-5)14(19)20-7/h12-13,17H,8-11H2,1-7H3. The monoisotopic (exact) mass is 284 g/mol. The van der Waals surface area contributed by atoms with Gasteiger partial charge in [0, 0.05) is 12.1 Å². The average Bonchev–Trinajstić information content (AvgIpc) is 2.43. The first-order chi connectivity index (χ1) is 9.18. The molecule has 0 heterocycles. The predicted molar refractivity (Wildman–Crippen MR) is 82.7 cm³/mol. The van der Waals surface area contributed by atoms with Crippen molar-refractivity contribution in [1.29, 1.82) is 0 Å². The number of hydrogen-bond acceptors (Lipinski definition) is 4. The van der Waals surface area contributed by atoms with Crippen LogP contribution in [0.15, 0.2) is 0 Å². The smallest absolute Gasteiger partial charge is 0.326 e. The van der Waals surface area contributed by atoms with Crippen molar-refractivity contribution in [2.45, 2.75) is 71.0 Å². The van der Waals surface area contributed by atoms with Gasteiger partial charge >= 0.3 is 5.97 Å². The largest absolute Gasteiger partial charge is 0.468 e. The Morgan fingerprint density at radius 2 is 2.05 bits per heavy atom. The molecule has 3 atom stereocenters. The Morgan fingerprint density at radius 3 is 2.50 bits per heavy atom. The van der Waals surface area contributed by atoms with Crippen molar-refractivity contribution in [3.05, 3.63) is 0 Å². The average molecular weight is 284 g/mol. The summed E-state index contributed by atoms with van der Waals surface area (Å²) in [7, 11) is 5.53. The van der Waals surface area contributed by atoms with Crippen LogP contribution in [0.5, 0.6) is 0 Å². The number of hydrogen-bond donors (Lipinski definition) is 1. The van der Waals surface area contributed by atoms with Crippen LogP contribution in [0.3, 0.4) is 0 Å². The zero-order chi connectivity index (χ0) is 15.6. The fourth-order valence-corrected chi connectivity index (χ4v) is 3.23. The number of likely N-dealkylation sites (N-methyl/N-ethyl adjacent to an activating group) is 1. The fourth-order valence-electron chi connectivity index (χ4n) is 3.23. The molecule has 0 aromatic carbocycles. The minimum absolute atomic E-state index is 0.124. The van der Waals surface area contributed by atoms with E-state index in [0.29, 0.717) is 12.1 Å². The Bertz CT molecular complexity index is 338. The first-order valence-corrected chi connectivity index (χ1v) is 7.67. The second-order valence-corrected chi connectivity index (χ2v) is 7.28. The number of carbonyl (C=O) groups excluding carboxylic acids is 1. The summed E-state index contributed by atoms with van der Waals surface area (Å²) in [5.74, 6) is -0.124. The van der Waals surface area contributed by atoms with Crippen molar-refractivity contribution in [2.75, 3.05) is 21.2 Å². The molecule has 1 saturated carbocycles. The molecule has 1 rings (SSSR count). The van der Waals surface area contributed by atoms with Crippen LogP contribution in [0.25, 0.3) is 0 Å². The van der Waals surface area contributed by atoms with E-state index in [0.717, 1.165) is 25.7 Å². The highest BCUT2D eigenvalue weighted by Gasteiger charge is 2.44. The van der Waals surface area contributed by atoms with Gasteiger partial charge in [0.1, 0.15) is 5.54 Å². The lowest BCUT2D eigenvalue weighted by Gasteiger charge is -2.46. The van der Waals surface area contributed by atoms with Gasteiger partial charge in [-0.15, -0.1) is 0 Å². The number of nitrogens with one attached hydrogen (secondary N) is 1. The van der Waals surface area contributed by atoms with Crippen molar-refractivity contribution >= 4 is 5.97 Å². The Labute approximate surface area is 124 Å². The van der Waals surface area contributed by atoms with Crippen molar-refractivity contribution in [2.24, 2.45) is 5.41 Å². The summed E-state index contributed by atoms with van der Waals surface area (Å²) in [6.45, 7) is 9.07. The Kier molecular flexibility index (Phi) is 5.61. The highest BCUT2D eigenvalue weighted by molar-refractivity contribution is 5.81. The molecule has 0 spiro atoms. The molecule has 0 radical (unpaired) electrons. The molecule has 0 saturated heterocycles. The maximum Gasteiger partial charge on any atom is 0.326 e. The summed E-state index contributed by atoms with van der Waals surface area (Å²) in [4.78, 5) is 14.6. The van der Waals surface area contributed by atoms with E-state index in [4.69, 9.17) is 4.74 Å². The van der Waals surface area contributed by atoms with E-state index < -0.39 is 5.54 Å². The third-order valence-electron chi connectivity index (χ3n) is 5.22. The molecule has 0 bridgehead atoms. The van der Waals surface area contributed by atoms with Crippen LogP contribution >= 0.6 is 0 Å². The number of carbonyl (C=O) groups is 1. The van der Waals surface area contributed by atoms with Crippen molar-refractivity contribution in [3.63, 3.8) is 0 Å². The number of methoxy groups -OCH3 is 1. The van der Waals surface area contributed by atoms with Gasteiger partial charge in [-0.05, 0) is 52.1 Å². The molecule has 118 valence electrons. The van der Waals surface area contributed by atoms with Crippen molar-refractivity contribution < 1.29 is 9.53 Å². The van der Waals surface area contributed by atoms with E-state index in [1.54, 1.807) is 0 Å². The molecule has 1 fully saturated rings. The first-order valence-electron chi connectivity index (χ1n) is 7.67. The van der Waals surface area contributed by atoms with Crippen LogP contribution in [0.1, 0.15) is 53.4 Å². The molecular weight excluding hydrogens is 252 g/mol. The summed E-state index contributed by atoms with van der Waals surface area (Å²) < 4.78 is 5.02. The zero-order valence-corrected chi connectivity index (χ0v) is 14.2. The summed E-state index contributed by atoms with van der Waals surface area (Å²) in [6, 6.07) is 0.891. The zero-order valence-electron chi connectivity index (χ0n) is 14.2. The lowest BCUT2D eigenvalue weighted by Crippen LogP contribution is -2.58. The SMILES string of the molecule is CNC1(C(=O)OC)CCCC(N(C)C(C)C(C)(C)C)C1. The molecule has 4 heteroatoms. The number of rotatable bonds is 4. The molecule has 1 aliphatic carbocycles. The van der Waals surface area contributed by atoms with E-state index in [1.165, 1.54) is 7.11 Å². The third kappa shape index (κ3) is 3.53. The highest BCUT2D eigenvalue weighted by atomic mass is 16.5. The molecule has 3 unspecified atom stereocenters. The molecule has 4 nitrogen and oxygen atoms in total. The molecule has 1 N–H and O–H groups in total. The minimum Gasteiger partial charge on any atom is -0.468 e. The van der Waals surface area contributed by atoms with Gasteiger partial charge in [0.15, 0.2) is 0 Å². The van der Waals surface area contributed by atoms with Gasteiger partial charge in [0.25, 0.3) is 0 Å². The van der Waals surface area contributed by atoms with E-state index in [-0.39, 0.29) is 11.4 Å². The van der Waals surface area contributed by atoms with Crippen LogP contribution in [-0.2, 0) is 9.53 Å². The molecule has 1 aliphatic rings. The first kappa shape index (κ1) is 17.4. The molecule has 0 aromatic rings. The van der Waals surface area contributed by atoms with E-state index in [9.17, 15) is 4.79 Å². The van der Waals surface area contributed by atoms with Crippen molar-refractivity contribution in [3.8, 4) is 0 Å². The maximum atomic E-state index is 12.2. The lowest BCUT2D eigenvalue weighted by molar-refractivity contribution is -0.151. The van der Waals surface area contributed by atoms with Gasteiger partial charge < -0.3 is 15.0 Å². The van der Waals surface area contributed by atoms with Crippen LogP contribution in [0, 0.1) is 5.41 Å².